The summed E-state index contributed by atoms with van der Waals surface area (Å²) in [4.78, 5) is 34.3. The quantitative estimate of drug-likeness (QED) is 0.388. The van der Waals surface area contributed by atoms with E-state index in [-0.39, 0.29) is 23.2 Å². The van der Waals surface area contributed by atoms with Crippen LogP contribution in [0.25, 0.3) is 11.1 Å². The van der Waals surface area contributed by atoms with Crippen LogP contribution in [0, 0.1) is 5.92 Å². The van der Waals surface area contributed by atoms with Crippen LogP contribution in [-0.2, 0) is 14.8 Å². The molecule has 1 aliphatic heterocycles. The van der Waals surface area contributed by atoms with Crippen LogP contribution in [0.1, 0.15) is 62.1 Å². The Morgan fingerprint density at radius 2 is 1.92 bits per heavy atom. The Morgan fingerprint density at radius 1 is 1.18 bits per heavy atom. The molecule has 0 unspecified atom stereocenters. The number of β-amino-alcohol motifs (C(OH)–C–C–N with tert-alkyl or cyclic N) is 1. The van der Waals surface area contributed by atoms with Crippen LogP contribution in [0.3, 0.4) is 0 Å². The van der Waals surface area contributed by atoms with Crippen LogP contribution in [0.5, 0.6) is 0 Å². The van der Waals surface area contributed by atoms with Gasteiger partial charge in [0.15, 0.2) is 16.4 Å². The molecule has 204 valence electrons. The van der Waals surface area contributed by atoms with Crippen molar-refractivity contribution in [3.05, 3.63) is 54.0 Å². The first-order chi connectivity index (χ1) is 18.0. The topological polar surface area (TPSA) is 169 Å². The molecule has 2 amide bonds. The van der Waals surface area contributed by atoms with Crippen molar-refractivity contribution in [1.82, 2.24) is 19.6 Å². The Balaban J connectivity index is 1.61. The van der Waals surface area contributed by atoms with Crippen molar-refractivity contribution in [3.63, 3.8) is 0 Å². The third kappa shape index (κ3) is 5.57. The number of hydrogen-bond donors (Lipinski definition) is 3. The van der Waals surface area contributed by atoms with Gasteiger partial charge in [-0.25, -0.2) is 13.4 Å². The Labute approximate surface area is 221 Å². The number of nitrogens with zero attached hydrogens (tertiary/aromatic N) is 3. The fourth-order valence-electron chi connectivity index (χ4n) is 4.94. The van der Waals surface area contributed by atoms with Crippen LogP contribution in [0.2, 0.25) is 0 Å². The fourth-order valence-corrected chi connectivity index (χ4v) is 6.55. The van der Waals surface area contributed by atoms with Gasteiger partial charge in [-0.15, -0.1) is 0 Å². The zero-order valence-electron chi connectivity index (χ0n) is 21.6. The van der Waals surface area contributed by atoms with E-state index in [1.807, 2.05) is 13.8 Å². The number of aliphatic hydroxyl groups is 1. The SMILES string of the molecule is CC(C)C[C@H](C(=O)N[C@H]1CC[C@@H](C)N(S(=O)(=O)c2ccccn2)C[C@@H]1O)c1c(C(N)=O)oc2cccnc12. The molecular weight excluding hydrogens is 510 g/mol. The summed E-state index contributed by atoms with van der Waals surface area (Å²) in [6, 6.07) is 6.79. The van der Waals surface area contributed by atoms with E-state index in [1.54, 1.807) is 37.4 Å². The molecule has 38 heavy (non-hydrogen) atoms. The van der Waals surface area contributed by atoms with Gasteiger partial charge in [0.25, 0.3) is 15.9 Å². The van der Waals surface area contributed by atoms with Gasteiger partial charge in [-0.1, -0.05) is 19.9 Å². The Hall–Kier alpha value is -3.35. The van der Waals surface area contributed by atoms with Crippen molar-refractivity contribution in [2.45, 2.75) is 69.2 Å². The maximum absolute atomic E-state index is 13.7. The first-order valence-electron chi connectivity index (χ1n) is 12.6. The van der Waals surface area contributed by atoms with Crippen molar-refractivity contribution in [3.8, 4) is 0 Å². The van der Waals surface area contributed by atoms with E-state index < -0.39 is 45.9 Å². The highest BCUT2D eigenvalue weighted by Crippen LogP contribution is 2.35. The highest BCUT2D eigenvalue weighted by molar-refractivity contribution is 7.89. The molecule has 3 aromatic rings. The van der Waals surface area contributed by atoms with Gasteiger partial charge in [0.05, 0.1) is 18.1 Å². The molecule has 1 aliphatic rings. The lowest BCUT2D eigenvalue weighted by Crippen LogP contribution is -2.49. The van der Waals surface area contributed by atoms with E-state index in [1.165, 1.54) is 16.6 Å². The number of hydrogen-bond acceptors (Lipinski definition) is 8. The maximum atomic E-state index is 13.7. The second-order valence-electron chi connectivity index (χ2n) is 10.1. The maximum Gasteiger partial charge on any atom is 0.284 e. The van der Waals surface area contributed by atoms with Gasteiger partial charge in [-0.3, -0.25) is 14.6 Å². The summed E-state index contributed by atoms with van der Waals surface area (Å²) in [7, 11) is -3.95. The molecule has 0 aromatic carbocycles. The molecule has 3 aromatic heterocycles. The molecule has 0 saturated carbocycles. The van der Waals surface area contributed by atoms with Crippen LogP contribution in [0.4, 0.5) is 0 Å². The van der Waals surface area contributed by atoms with E-state index in [9.17, 15) is 23.1 Å². The summed E-state index contributed by atoms with van der Waals surface area (Å²) >= 11 is 0. The Morgan fingerprint density at radius 3 is 2.58 bits per heavy atom. The summed E-state index contributed by atoms with van der Waals surface area (Å²) in [6.45, 7) is 5.45. The Kier molecular flexibility index (Phi) is 8.14. The van der Waals surface area contributed by atoms with Crippen LogP contribution >= 0.6 is 0 Å². The molecule has 0 aliphatic carbocycles. The van der Waals surface area contributed by atoms with Crippen molar-refractivity contribution in [2.75, 3.05) is 6.54 Å². The van der Waals surface area contributed by atoms with Gasteiger partial charge in [0.1, 0.15) is 5.52 Å². The van der Waals surface area contributed by atoms with Gasteiger partial charge in [0.2, 0.25) is 5.91 Å². The number of primary amides is 1. The summed E-state index contributed by atoms with van der Waals surface area (Å²) in [5.41, 5.74) is 6.63. The van der Waals surface area contributed by atoms with E-state index in [0.29, 0.717) is 35.9 Å². The molecule has 12 heteroatoms. The smallest absolute Gasteiger partial charge is 0.284 e. The average molecular weight is 544 g/mol. The number of amides is 2. The molecule has 4 N–H and O–H groups in total. The van der Waals surface area contributed by atoms with Gasteiger partial charge in [-0.05, 0) is 56.4 Å². The monoisotopic (exact) mass is 543 g/mol. The van der Waals surface area contributed by atoms with Gasteiger partial charge < -0.3 is 20.6 Å². The number of pyridine rings is 2. The second-order valence-corrected chi connectivity index (χ2v) is 11.9. The molecule has 4 heterocycles. The fraction of sp³-hybridized carbons (Fsp3) is 0.462. The minimum Gasteiger partial charge on any atom is -0.449 e. The third-order valence-corrected chi connectivity index (χ3v) is 8.73. The lowest BCUT2D eigenvalue weighted by molar-refractivity contribution is -0.124. The highest BCUT2D eigenvalue weighted by atomic mass is 32.2. The Bertz CT molecular complexity index is 1410. The first-order valence-corrected chi connectivity index (χ1v) is 14.0. The molecule has 0 spiro atoms. The number of sulfonamides is 1. The van der Waals surface area contributed by atoms with Crippen LogP contribution < -0.4 is 11.1 Å². The number of nitrogens with one attached hydrogen (secondary N) is 1. The molecule has 0 radical (unpaired) electrons. The normalized spacial score (nSPS) is 21.8. The minimum absolute atomic E-state index is 0.0678. The van der Waals surface area contributed by atoms with Crippen molar-refractivity contribution in [2.24, 2.45) is 11.7 Å². The number of rotatable bonds is 8. The average Bonchev–Trinajstić information content (AvgIpc) is 3.21. The van der Waals surface area contributed by atoms with E-state index in [4.69, 9.17) is 10.2 Å². The summed E-state index contributed by atoms with van der Waals surface area (Å²) in [6.07, 6.45) is 2.91. The number of nitrogens with two attached hydrogens (primary N) is 1. The summed E-state index contributed by atoms with van der Waals surface area (Å²) in [5.74, 6) is -2.11. The number of carbonyl (C=O) groups excluding carboxylic acids is 2. The highest BCUT2D eigenvalue weighted by Gasteiger charge is 2.39. The molecule has 1 saturated heterocycles. The predicted molar refractivity (Wildman–Crippen MR) is 139 cm³/mol. The van der Waals surface area contributed by atoms with Gasteiger partial charge in [-0.2, -0.15) is 4.31 Å². The number of aliphatic hydroxyl groups excluding tert-OH is 1. The molecule has 11 nitrogen and oxygen atoms in total. The lowest BCUT2D eigenvalue weighted by atomic mass is 9.88. The van der Waals surface area contributed by atoms with Gasteiger partial charge in [0, 0.05) is 30.5 Å². The summed E-state index contributed by atoms with van der Waals surface area (Å²) < 4.78 is 33.4. The number of fused-ring (bicyclic) bond motifs is 1. The van der Waals surface area contributed by atoms with Gasteiger partial charge >= 0.3 is 0 Å². The molecule has 0 bridgehead atoms. The second kappa shape index (κ2) is 11.2. The first kappa shape index (κ1) is 27.7. The zero-order chi connectivity index (χ0) is 27.6. The minimum atomic E-state index is -3.95. The number of carbonyl (C=O) groups is 2. The molecule has 4 atom stereocenters. The largest absolute Gasteiger partial charge is 0.449 e. The lowest BCUT2D eigenvalue weighted by Gasteiger charge is -2.28. The van der Waals surface area contributed by atoms with E-state index in [2.05, 4.69) is 15.3 Å². The van der Waals surface area contributed by atoms with E-state index in [0.717, 1.165) is 0 Å². The van der Waals surface area contributed by atoms with E-state index >= 15 is 0 Å². The molecule has 1 fully saturated rings. The molecule has 4 rings (SSSR count). The number of furan rings is 1. The van der Waals surface area contributed by atoms with Crippen molar-refractivity contribution >= 4 is 32.9 Å². The van der Waals surface area contributed by atoms with Crippen LogP contribution in [-0.4, -0.2) is 64.3 Å². The van der Waals surface area contributed by atoms with Crippen molar-refractivity contribution in [1.29, 1.82) is 0 Å². The summed E-state index contributed by atoms with van der Waals surface area (Å²) in [5, 5.41) is 13.9. The third-order valence-electron chi connectivity index (χ3n) is 6.84. The number of aromatic nitrogens is 2. The predicted octanol–water partition coefficient (Wildman–Crippen LogP) is 2.17. The molecular formula is C26H33N5O6S. The van der Waals surface area contributed by atoms with Crippen molar-refractivity contribution < 1.29 is 27.5 Å². The standard InChI is InChI=1S/C26H33N5O6S/c1-15(2)13-17(22-23-20(7-6-12-29-23)37-24(22)25(27)33)26(34)30-18-10-9-16(3)31(14-19(18)32)38(35,36)21-8-4-5-11-28-21/h4-8,11-12,15-19,32H,9-10,13-14H2,1-3H3,(H2,27,33)(H,30,34)/t16-,17+,18+,19+/m1/s1. The van der Waals surface area contributed by atoms with Crippen LogP contribution in [0.15, 0.2) is 52.2 Å². The zero-order valence-corrected chi connectivity index (χ0v) is 22.4.